The fourth-order valence-electron chi connectivity index (χ4n) is 3.28. The van der Waals surface area contributed by atoms with E-state index >= 15 is 0 Å². The standard InChI is InChI=1S/C21H23ClN2O4S/c1-3-28-21(27)17-13(2)18(20(26)24-10-4-5-11-24)29-19(17)23-16(25)12-14-6-8-15(22)9-7-14/h6-9H,3-5,10-12H2,1-2H3,(H,23,25). The first kappa shape index (κ1) is 21.3. The van der Waals surface area contributed by atoms with Crippen LogP contribution in [0.4, 0.5) is 5.00 Å². The van der Waals surface area contributed by atoms with Gasteiger partial charge in [-0.05, 0) is 49.9 Å². The molecule has 0 unspecified atom stereocenters. The van der Waals surface area contributed by atoms with Gasteiger partial charge in [-0.3, -0.25) is 9.59 Å². The van der Waals surface area contributed by atoms with E-state index < -0.39 is 5.97 Å². The minimum Gasteiger partial charge on any atom is -0.462 e. The Labute approximate surface area is 178 Å². The number of amides is 2. The number of ether oxygens (including phenoxy) is 1. The van der Waals surface area contributed by atoms with Gasteiger partial charge in [-0.1, -0.05) is 23.7 Å². The van der Waals surface area contributed by atoms with Gasteiger partial charge >= 0.3 is 5.97 Å². The summed E-state index contributed by atoms with van der Waals surface area (Å²) in [5.74, 6) is -0.920. The average molecular weight is 435 g/mol. The number of anilines is 1. The molecule has 0 spiro atoms. The fraction of sp³-hybridized carbons (Fsp3) is 0.381. The van der Waals surface area contributed by atoms with Gasteiger partial charge in [0.2, 0.25) is 5.91 Å². The Bertz CT molecular complexity index is 918. The van der Waals surface area contributed by atoms with Gasteiger partial charge in [0.05, 0.1) is 23.5 Å². The van der Waals surface area contributed by atoms with E-state index in [1.165, 1.54) is 0 Å². The highest BCUT2D eigenvalue weighted by molar-refractivity contribution is 7.18. The molecule has 3 rings (SSSR count). The monoisotopic (exact) mass is 434 g/mol. The Morgan fingerprint density at radius 1 is 1.17 bits per heavy atom. The van der Waals surface area contributed by atoms with Gasteiger partial charge in [-0.2, -0.15) is 0 Å². The molecular formula is C21H23ClN2O4S. The van der Waals surface area contributed by atoms with Crippen molar-refractivity contribution in [3.05, 3.63) is 50.9 Å². The highest BCUT2D eigenvalue weighted by atomic mass is 35.5. The maximum atomic E-state index is 12.9. The molecule has 154 valence electrons. The van der Waals surface area contributed by atoms with Crippen molar-refractivity contribution in [2.45, 2.75) is 33.1 Å². The minimum absolute atomic E-state index is 0.103. The zero-order chi connectivity index (χ0) is 21.0. The molecule has 1 aliphatic heterocycles. The Morgan fingerprint density at radius 3 is 2.45 bits per heavy atom. The van der Waals surface area contributed by atoms with E-state index in [-0.39, 0.29) is 30.4 Å². The van der Waals surface area contributed by atoms with Crippen molar-refractivity contribution in [2.24, 2.45) is 0 Å². The van der Waals surface area contributed by atoms with Gasteiger partial charge in [-0.25, -0.2) is 4.79 Å². The summed E-state index contributed by atoms with van der Waals surface area (Å²) in [5, 5.41) is 3.74. The smallest absolute Gasteiger partial charge is 0.341 e. The molecule has 1 aromatic carbocycles. The van der Waals surface area contributed by atoms with Crippen molar-refractivity contribution >= 4 is 45.7 Å². The molecule has 0 saturated carbocycles. The molecule has 1 saturated heterocycles. The van der Waals surface area contributed by atoms with E-state index in [1.54, 1.807) is 43.0 Å². The summed E-state index contributed by atoms with van der Waals surface area (Å²) in [6.07, 6.45) is 2.09. The zero-order valence-corrected chi connectivity index (χ0v) is 18.0. The molecule has 29 heavy (non-hydrogen) atoms. The molecule has 1 N–H and O–H groups in total. The van der Waals surface area contributed by atoms with Crippen LogP contribution in [0.2, 0.25) is 5.02 Å². The average Bonchev–Trinajstić information content (AvgIpc) is 3.32. The first-order valence-corrected chi connectivity index (χ1v) is 10.7. The zero-order valence-electron chi connectivity index (χ0n) is 16.4. The van der Waals surface area contributed by atoms with Gasteiger partial charge in [-0.15, -0.1) is 11.3 Å². The second kappa shape index (κ2) is 9.41. The molecule has 0 aliphatic carbocycles. The second-order valence-electron chi connectivity index (χ2n) is 6.83. The quantitative estimate of drug-likeness (QED) is 0.687. The molecular weight excluding hydrogens is 412 g/mol. The van der Waals surface area contributed by atoms with E-state index in [2.05, 4.69) is 5.32 Å². The summed E-state index contributed by atoms with van der Waals surface area (Å²) in [5.41, 5.74) is 1.60. The van der Waals surface area contributed by atoms with Crippen LogP contribution in [-0.4, -0.2) is 42.4 Å². The summed E-state index contributed by atoms with van der Waals surface area (Å²) < 4.78 is 5.16. The van der Waals surface area contributed by atoms with Crippen molar-refractivity contribution in [1.29, 1.82) is 0 Å². The predicted molar refractivity (Wildman–Crippen MR) is 114 cm³/mol. The number of halogens is 1. The Morgan fingerprint density at radius 2 is 1.83 bits per heavy atom. The minimum atomic E-state index is -0.538. The molecule has 2 aromatic rings. The number of carbonyl (C=O) groups is 3. The molecule has 1 aliphatic rings. The van der Waals surface area contributed by atoms with Crippen molar-refractivity contribution in [1.82, 2.24) is 4.90 Å². The summed E-state index contributed by atoms with van der Waals surface area (Å²) in [6, 6.07) is 6.99. The van der Waals surface area contributed by atoms with Crippen LogP contribution in [-0.2, 0) is 16.0 Å². The number of likely N-dealkylation sites (tertiary alicyclic amines) is 1. The van der Waals surface area contributed by atoms with E-state index in [0.717, 1.165) is 29.7 Å². The molecule has 1 fully saturated rings. The normalized spacial score (nSPS) is 13.4. The SMILES string of the molecule is CCOC(=O)c1c(NC(=O)Cc2ccc(Cl)cc2)sc(C(=O)N2CCCC2)c1C. The number of rotatable bonds is 6. The van der Waals surface area contributed by atoms with Crippen LogP contribution < -0.4 is 5.32 Å². The highest BCUT2D eigenvalue weighted by Crippen LogP contribution is 2.35. The first-order valence-electron chi connectivity index (χ1n) is 9.54. The molecule has 1 aromatic heterocycles. The number of nitrogens with zero attached hydrogens (tertiary/aromatic N) is 1. The van der Waals surface area contributed by atoms with E-state index in [9.17, 15) is 14.4 Å². The van der Waals surface area contributed by atoms with Gasteiger partial charge in [0.1, 0.15) is 5.00 Å². The first-order chi connectivity index (χ1) is 13.9. The number of esters is 1. The lowest BCUT2D eigenvalue weighted by Crippen LogP contribution is -2.27. The predicted octanol–water partition coefficient (Wildman–Crippen LogP) is 4.30. The molecule has 0 bridgehead atoms. The Kier molecular flexibility index (Phi) is 6.92. The molecule has 2 amide bonds. The Balaban J connectivity index is 1.86. The third kappa shape index (κ3) is 4.97. The van der Waals surface area contributed by atoms with Crippen LogP contribution in [0, 0.1) is 6.92 Å². The number of benzene rings is 1. The van der Waals surface area contributed by atoms with Crippen LogP contribution >= 0.6 is 22.9 Å². The summed E-state index contributed by atoms with van der Waals surface area (Å²) in [6.45, 7) is 5.07. The van der Waals surface area contributed by atoms with Crippen LogP contribution in [0.3, 0.4) is 0 Å². The lowest BCUT2D eigenvalue weighted by atomic mass is 10.1. The van der Waals surface area contributed by atoms with Gasteiger partial charge in [0.15, 0.2) is 0 Å². The van der Waals surface area contributed by atoms with Crippen molar-refractivity contribution in [3.8, 4) is 0 Å². The maximum absolute atomic E-state index is 12.9. The highest BCUT2D eigenvalue weighted by Gasteiger charge is 2.29. The molecule has 0 radical (unpaired) electrons. The molecule has 8 heteroatoms. The maximum Gasteiger partial charge on any atom is 0.341 e. The van der Waals surface area contributed by atoms with Crippen molar-refractivity contribution in [3.63, 3.8) is 0 Å². The van der Waals surface area contributed by atoms with Gasteiger partial charge < -0.3 is 15.0 Å². The Hall–Kier alpha value is -2.38. The fourth-order valence-corrected chi connectivity index (χ4v) is 4.58. The number of carbonyl (C=O) groups excluding carboxylic acids is 3. The second-order valence-corrected chi connectivity index (χ2v) is 8.29. The van der Waals surface area contributed by atoms with E-state index in [4.69, 9.17) is 16.3 Å². The van der Waals surface area contributed by atoms with E-state index in [1.807, 2.05) is 0 Å². The van der Waals surface area contributed by atoms with E-state index in [0.29, 0.717) is 33.6 Å². The van der Waals surface area contributed by atoms with Crippen LogP contribution in [0.1, 0.15) is 50.9 Å². The van der Waals surface area contributed by atoms with Crippen LogP contribution in [0.5, 0.6) is 0 Å². The summed E-state index contributed by atoms with van der Waals surface area (Å²) >= 11 is 7.01. The summed E-state index contributed by atoms with van der Waals surface area (Å²) in [7, 11) is 0. The lowest BCUT2D eigenvalue weighted by Gasteiger charge is -2.14. The molecule has 0 atom stereocenters. The third-order valence-electron chi connectivity index (χ3n) is 4.74. The number of hydrogen-bond donors (Lipinski definition) is 1. The molecule has 2 heterocycles. The third-order valence-corrected chi connectivity index (χ3v) is 6.19. The van der Waals surface area contributed by atoms with Gasteiger partial charge in [0, 0.05) is 18.1 Å². The lowest BCUT2D eigenvalue weighted by molar-refractivity contribution is -0.115. The molecule has 6 nitrogen and oxygen atoms in total. The largest absolute Gasteiger partial charge is 0.462 e. The summed E-state index contributed by atoms with van der Waals surface area (Å²) in [4.78, 5) is 40.2. The number of thiophene rings is 1. The number of hydrogen-bond acceptors (Lipinski definition) is 5. The van der Waals surface area contributed by atoms with Crippen LogP contribution in [0.25, 0.3) is 0 Å². The topological polar surface area (TPSA) is 75.7 Å². The van der Waals surface area contributed by atoms with Crippen LogP contribution in [0.15, 0.2) is 24.3 Å². The van der Waals surface area contributed by atoms with Crippen molar-refractivity contribution in [2.75, 3.05) is 25.0 Å². The number of nitrogens with one attached hydrogen (secondary N) is 1. The van der Waals surface area contributed by atoms with Crippen molar-refractivity contribution < 1.29 is 19.1 Å². The van der Waals surface area contributed by atoms with Gasteiger partial charge in [0.25, 0.3) is 5.91 Å².